The summed E-state index contributed by atoms with van der Waals surface area (Å²) < 4.78 is 22.2. The molecule has 4 nitrogen and oxygen atoms in total. The van der Waals surface area contributed by atoms with Crippen LogP contribution in [-0.4, -0.2) is 20.7 Å². The van der Waals surface area contributed by atoms with E-state index in [9.17, 15) is 9.18 Å². The molecule has 1 heterocycles. The molecule has 0 unspecified atom stereocenters. The number of hydrogen-bond acceptors (Lipinski definition) is 4. The van der Waals surface area contributed by atoms with Crippen molar-refractivity contribution in [2.24, 2.45) is 0 Å². The van der Waals surface area contributed by atoms with Gasteiger partial charge in [-0.2, -0.15) is 0 Å². The molecule has 2 rings (SSSR count). The van der Waals surface area contributed by atoms with Crippen LogP contribution >= 0.6 is 46.4 Å². The van der Waals surface area contributed by atoms with Crippen molar-refractivity contribution in [1.82, 2.24) is 4.98 Å². The number of aromatic nitrogens is 1. The molecule has 9 heteroatoms. The lowest BCUT2D eigenvalue weighted by Crippen LogP contribution is -2.34. The standard InChI is InChI=1S/C15H10Cl4FNO3/c1-8(13(22)15(17,18)19)23-10-2-4-11(5-3-10)24-14-12(20)6-9(16)7-21-14/h2-8H,1H3/t8-/m1/s1. The maximum Gasteiger partial charge on any atom is 0.255 e. The van der Waals surface area contributed by atoms with E-state index in [1.54, 1.807) is 0 Å². The van der Waals surface area contributed by atoms with E-state index in [1.807, 2.05) is 0 Å². The Kier molecular flexibility index (Phi) is 6.15. The van der Waals surface area contributed by atoms with E-state index in [1.165, 1.54) is 37.4 Å². The van der Waals surface area contributed by atoms with Gasteiger partial charge in [0.15, 0.2) is 11.9 Å². The van der Waals surface area contributed by atoms with Gasteiger partial charge in [0.1, 0.15) is 11.5 Å². The Morgan fingerprint density at radius 2 is 1.79 bits per heavy atom. The molecule has 1 aromatic carbocycles. The van der Waals surface area contributed by atoms with E-state index >= 15 is 0 Å². The number of pyridine rings is 1. The van der Waals surface area contributed by atoms with Crippen molar-refractivity contribution < 1.29 is 18.7 Å². The maximum absolute atomic E-state index is 13.6. The molecule has 0 saturated heterocycles. The first-order valence-corrected chi connectivity index (χ1v) is 8.04. The van der Waals surface area contributed by atoms with Crippen LogP contribution in [0.3, 0.4) is 0 Å². The van der Waals surface area contributed by atoms with Gasteiger partial charge in [0.05, 0.1) is 5.02 Å². The molecule has 0 fully saturated rings. The van der Waals surface area contributed by atoms with Crippen molar-refractivity contribution in [2.75, 3.05) is 0 Å². The first-order chi connectivity index (χ1) is 11.2. The van der Waals surface area contributed by atoms with Crippen LogP contribution in [0.2, 0.25) is 5.02 Å². The van der Waals surface area contributed by atoms with Crippen LogP contribution in [0.4, 0.5) is 4.39 Å². The second-order valence-electron chi connectivity index (χ2n) is 4.64. The molecule has 0 aliphatic heterocycles. The molecule has 0 spiro atoms. The predicted molar refractivity (Wildman–Crippen MR) is 91.1 cm³/mol. The molecular weight excluding hydrogens is 403 g/mol. The number of halogens is 5. The lowest BCUT2D eigenvalue weighted by molar-refractivity contribution is -0.124. The summed E-state index contributed by atoms with van der Waals surface area (Å²) in [4.78, 5) is 15.5. The van der Waals surface area contributed by atoms with E-state index in [0.29, 0.717) is 11.5 Å². The van der Waals surface area contributed by atoms with Gasteiger partial charge in [-0.05, 0) is 37.3 Å². The number of ether oxygens (including phenoxy) is 2. The molecule has 0 aliphatic rings. The molecule has 0 radical (unpaired) electrons. The van der Waals surface area contributed by atoms with Crippen LogP contribution in [-0.2, 0) is 4.79 Å². The molecular formula is C15H10Cl4FNO3. The summed E-state index contributed by atoms with van der Waals surface area (Å²) in [7, 11) is 0. The molecule has 24 heavy (non-hydrogen) atoms. The van der Waals surface area contributed by atoms with Crippen molar-refractivity contribution in [2.45, 2.75) is 16.8 Å². The van der Waals surface area contributed by atoms with Crippen molar-refractivity contribution in [3.05, 3.63) is 47.4 Å². The summed E-state index contributed by atoms with van der Waals surface area (Å²) in [5.74, 6) is -0.934. The highest BCUT2D eigenvalue weighted by molar-refractivity contribution is 6.76. The largest absolute Gasteiger partial charge is 0.483 e. The summed E-state index contributed by atoms with van der Waals surface area (Å²) in [5.41, 5.74) is 0. The number of carbonyl (C=O) groups excluding carboxylic acids is 1. The van der Waals surface area contributed by atoms with Crippen LogP contribution < -0.4 is 9.47 Å². The summed E-state index contributed by atoms with van der Waals surface area (Å²) in [5, 5.41) is 0.163. The summed E-state index contributed by atoms with van der Waals surface area (Å²) in [6.45, 7) is 1.46. The van der Waals surface area contributed by atoms with Crippen molar-refractivity contribution in [3.63, 3.8) is 0 Å². The first kappa shape index (κ1) is 19.1. The number of hydrogen-bond donors (Lipinski definition) is 0. The number of carbonyl (C=O) groups is 1. The fourth-order valence-electron chi connectivity index (χ4n) is 1.66. The third-order valence-corrected chi connectivity index (χ3v) is 3.54. The van der Waals surface area contributed by atoms with Gasteiger partial charge in [-0.1, -0.05) is 46.4 Å². The molecule has 0 bridgehead atoms. The van der Waals surface area contributed by atoms with E-state index in [2.05, 4.69) is 4.98 Å². The highest BCUT2D eigenvalue weighted by atomic mass is 35.6. The Labute approximate surface area is 157 Å². The van der Waals surface area contributed by atoms with Crippen molar-refractivity contribution in [1.29, 1.82) is 0 Å². The fraction of sp³-hybridized carbons (Fsp3) is 0.200. The molecule has 1 atom stereocenters. The smallest absolute Gasteiger partial charge is 0.255 e. The number of benzene rings is 1. The second-order valence-corrected chi connectivity index (χ2v) is 7.35. The highest BCUT2D eigenvalue weighted by Gasteiger charge is 2.35. The van der Waals surface area contributed by atoms with E-state index in [4.69, 9.17) is 55.9 Å². The Morgan fingerprint density at radius 1 is 1.21 bits per heavy atom. The van der Waals surface area contributed by atoms with Crippen LogP contribution in [0, 0.1) is 5.82 Å². The van der Waals surface area contributed by atoms with Crippen LogP contribution in [0.1, 0.15) is 6.92 Å². The van der Waals surface area contributed by atoms with Crippen molar-refractivity contribution in [3.8, 4) is 17.4 Å². The monoisotopic (exact) mass is 411 g/mol. The Bertz CT molecular complexity index is 734. The molecule has 0 aliphatic carbocycles. The van der Waals surface area contributed by atoms with Gasteiger partial charge in [-0.15, -0.1) is 0 Å². The van der Waals surface area contributed by atoms with Gasteiger partial charge in [-0.3, -0.25) is 4.79 Å². The zero-order valence-electron chi connectivity index (χ0n) is 12.1. The lowest BCUT2D eigenvalue weighted by atomic mass is 10.2. The highest BCUT2D eigenvalue weighted by Crippen LogP contribution is 2.30. The minimum Gasteiger partial charge on any atom is -0.483 e. The molecule has 2 aromatic rings. The van der Waals surface area contributed by atoms with Gasteiger partial charge < -0.3 is 9.47 Å². The summed E-state index contributed by atoms with van der Waals surface area (Å²) >= 11 is 22.2. The second kappa shape index (κ2) is 7.74. The van der Waals surface area contributed by atoms with E-state index in [-0.39, 0.29) is 10.9 Å². The van der Waals surface area contributed by atoms with Gasteiger partial charge in [0.25, 0.3) is 9.67 Å². The lowest BCUT2D eigenvalue weighted by Gasteiger charge is -2.17. The zero-order valence-corrected chi connectivity index (χ0v) is 15.1. The summed E-state index contributed by atoms with van der Waals surface area (Å²) in [6, 6.07) is 7.15. The maximum atomic E-state index is 13.6. The summed E-state index contributed by atoms with van der Waals surface area (Å²) in [6.07, 6.45) is 0.307. The minimum absolute atomic E-state index is 0.163. The zero-order chi connectivity index (χ0) is 17.9. The van der Waals surface area contributed by atoms with Gasteiger partial charge in [-0.25, -0.2) is 9.37 Å². The number of rotatable bonds is 5. The number of ketones is 1. The fourth-order valence-corrected chi connectivity index (χ4v) is 2.27. The van der Waals surface area contributed by atoms with Crippen molar-refractivity contribution >= 4 is 52.2 Å². The van der Waals surface area contributed by atoms with E-state index < -0.39 is 21.5 Å². The quantitative estimate of drug-likeness (QED) is 0.619. The Morgan fingerprint density at radius 3 is 2.33 bits per heavy atom. The minimum atomic E-state index is -2.06. The Balaban J connectivity index is 2.04. The molecule has 0 N–H and O–H groups in total. The predicted octanol–water partition coefficient (Wildman–Crippen LogP) is 5.37. The molecule has 1 aromatic heterocycles. The average molecular weight is 413 g/mol. The third-order valence-electron chi connectivity index (χ3n) is 2.77. The van der Waals surface area contributed by atoms with E-state index in [0.717, 1.165) is 6.07 Å². The molecule has 0 amide bonds. The number of nitrogens with zero attached hydrogens (tertiary/aromatic N) is 1. The number of alkyl halides is 3. The average Bonchev–Trinajstić information content (AvgIpc) is 2.50. The molecule has 128 valence electrons. The van der Waals surface area contributed by atoms with Crippen LogP contribution in [0.15, 0.2) is 36.5 Å². The normalized spacial score (nSPS) is 12.6. The van der Waals surface area contributed by atoms with Crippen LogP contribution in [0.25, 0.3) is 0 Å². The first-order valence-electron chi connectivity index (χ1n) is 6.53. The third kappa shape index (κ3) is 5.11. The molecule has 0 saturated carbocycles. The SMILES string of the molecule is C[C@@H](Oc1ccc(Oc2ncc(Cl)cc2F)cc1)C(=O)C(Cl)(Cl)Cl. The van der Waals surface area contributed by atoms with Crippen LogP contribution in [0.5, 0.6) is 17.4 Å². The van der Waals surface area contributed by atoms with Gasteiger partial charge >= 0.3 is 0 Å². The number of Topliss-reactive ketones (excluding diaryl/α,β-unsaturated/α-hetero) is 1. The van der Waals surface area contributed by atoms with Gasteiger partial charge in [0, 0.05) is 6.20 Å². The topological polar surface area (TPSA) is 48.4 Å². The van der Waals surface area contributed by atoms with Gasteiger partial charge in [0.2, 0.25) is 5.78 Å². The Hall–Kier alpha value is -1.27.